The van der Waals surface area contributed by atoms with Crippen LogP contribution in [0.25, 0.3) is 0 Å². The predicted octanol–water partition coefficient (Wildman–Crippen LogP) is 2.02. The molecule has 0 spiro atoms. The summed E-state index contributed by atoms with van der Waals surface area (Å²) in [7, 11) is 0. The molecule has 0 aliphatic carbocycles. The molecule has 0 unspecified atom stereocenters. The highest BCUT2D eigenvalue weighted by Gasteiger charge is 2.20. The van der Waals surface area contributed by atoms with Crippen molar-refractivity contribution in [3.63, 3.8) is 0 Å². The van der Waals surface area contributed by atoms with Crippen molar-refractivity contribution >= 4 is 17.7 Å². The summed E-state index contributed by atoms with van der Waals surface area (Å²) in [4.78, 5) is 11.2. The highest BCUT2D eigenvalue weighted by molar-refractivity contribution is 7.99. The Hall–Kier alpha value is -0.220. The van der Waals surface area contributed by atoms with Crippen molar-refractivity contribution in [3.8, 4) is 0 Å². The molecule has 0 aromatic heterocycles. The van der Waals surface area contributed by atoms with E-state index in [1.807, 2.05) is 40.9 Å². The fourth-order valence-electron chi connectivity index (χ4n) is 0.735. The standard InChI is InChI=1S/C10H21NO2S/c1-9(2,3)13-8(12)7-11-10(4,5)14-6/h11H,7H2,1-6H3. The van der Waals surface area contributed by atoms with E-state index in [1.165, 1.54) is 0 Å². The number of esters is 1. The van der Waals surface area contributed by atoms with Gasteiger partial charge in [0.15, 0.2) is 0 Å². The molecule has 0 radical (unpaired) electrons. The molecule has 0 aromatic carbocycles. The van der Waals surface area contributed by atoms with E-state index in [0.29, 0.717) is 0 Å². The van der Waals surface area contributed by atoms with Crippen molar-refractivity contribution in [1.82, 2.24) is 5.32 Å². The Bertz CT molecular complexity index is 197. The second-order valence-electron chi connectivity index (χ2n) is 4.65. The zero-order chi connectivity index (χ0) is 11.4. The maximum atomic E-state index is 11.3. The van der Waals surface area contributed by atoms with Gasteiger partial charge in [-0.3, -0.25) is 10.1 Å². The number of hydrogen-bond donors (Lipinski definition) is 1. The van der Waals surface area contributed by atoms with E-state index in [0.717, 1.165) is 0 Å². The molecule has 0 rings (SSSR count). The SMILES string of the molecule is CSC(C)(C)NCC(=O)OC(C)(C)C. The Balaban J connectivity index is 3.87. The van der Waals surface area contributed by atoms with Crippen LogP contribution in [0.15, 0.2) is 0 Å². The van der Waals surface area contributed by atoms with Gasteiger partial charge in [-0.05, 0) is 40.9 Å². The largest absolute Gasteiger partial charge is 0.459 e. The lowest BCUT2D eigenvalue weighted by atomic mass is 10.2. The van der Waals surface area contributed by atoms with Crippen LogP contribution >= 0.6 is 11.8 Å². The number of hydrogen-bond acceptors (Lipinski definition) is 4. The van der Waals surface area contributed by atoms with Crippen LogP contribution in [-0.4, -0.2) is 29.2 Å². The molecule has 3 nitrogen and oxygen atoms in total. The summed E-state index contributed by atoms with van der Waals surface area (Å²) in [5, 5.41) is 3.12. The molecule has 0 atom stereocenters. The summed E-state index contributed by atoms with van der Waals surface area (Å²) >= 11 is 1.67. The van der Waals surface area contributed by atoms with Crippen molar-refractivity contribution in [1.29, 1.82) is 0 Å². The highest BCUT2D eigenvalue weighted by Crippen LogP contribution is 2.16. The molecule has 0 aliphatic heterocycles. The van der Waals surface area contributed by atoms with Crippen LogP contribution in [0.3, 0.4) is 0 Å². The fourth-order valence-corrected chi connectivity index (χ4v) is 0.951. The first kappa shape index (κ1) is 13.8. The lowest BCUT2D eigenvalue weighted by Gasteiger charge is -2.25. The van der Waals surface area contributed by atoms with E-state index in [4.69, 9.17) is 4.74 Å². The first-order chi connectivity index (χ1) is 6.16. The van der Waals surface area contributed by atoms with Gasteiger partial charge >= 0.3 is 5.97 Å². The van der Waals surface area contributed by atoms with Crippen LogP contribution in [0.5, 0.6) is 0 Å². The number of nitrogens with one attached hydrogen (secondary N) is 1. The highest BCUT2D eigenvalue weighted by atomic mass is 32.2. The van der Waals surface area contributed by atoms with E-state index in [1.54, 1.807) is 11.8 Å². The smallest absolute Gasteiger partial charge is 0.320 e. The van der Waals surface area contributed by atoms with Gasteiger partial charge < -0.3 is 4.74 Å². The number of thioether (sulfide) groups is 1. The van der Waals surface area contributed by atoms with Crippen LogP contribution in [0.4, 0.5) is 0 Å². The van der Waals surface area contributed by atoms with Gasteiger partial charge in [0.2, 0.25) is 0 Å². The minimum Gasteiger partial charge on any atom is -0.459 e. The molecule has 84 valence electrons. The van der Waals surface area contributed by atoms with Gasteiger partial charge in [0.1, 0.15) is 5.60 Å². The molecular formula is C10H21NO2S. The molecule has 14 heavy (non-hydrogen) atoms. The van der Waals surface area contributed by atoms with Crippen LogP contribution in [0.2, 0.25) is 0 Å². The average Bonchev–Trinajstić information content (AvgIpc) is 1.98. The van der Waals surface area contributed by atoms with E-state index < -0.39 is 5.60 Å². The predicted molar refractivity (Wildman–Crippen MR) is 61.4 cm³/mol. The summed E-state index contributed by atoms with van der Waals surface area (Å²) in [5.74, 6) is -0.209. The van der Waals surface area contributed by atoms with Gasteiger partial charge in [-0.25, -0.2) is 0 Å². The normalized spacial score (nSPS) is 12.7. The molecule has 0 saturated heterocycles. The zero-order valence-electron chi connectivity index (χ0n) is 9.93. The second-order valence-corrected chi connectivity index (χ2v) is 6.08. The molecule has 0 amide bonds. The summed E-state index contributed by atoms with van der Waals surface area (Å²) < 4.78 is 5.17. The van der Waals surface area contributed by atoms with Gasteiger partial charge in [0.25, 0.3) is 0 Å². The maximum absolute atomic E-state index is 11.3. The van der Waals surface area contributed by atoms with E-state index >= 15 is 0 Å². The van der Waals surface area contributed by atoms with Crippen molar-refractivity contribution in [3.05, 3.63) is 0 Å². The van der Waals surface area contributed by atoms with Crippen LogP contribution in [0.1, 0.15) is 34.6 Å². The monoisotopic (exact) mass is 219 g/mol. The molecular weight excluding hydrogens is 198 g/mol. The Morgan fingerprint density at radius 3 is 2.14 bits per heavy atom. The topological polar surface area (TPSA) is 38.3 Å². The Labute approximate surface area is 91.0 Å². The summed E-state index contributed by atoms with van der Waals surface area (Å²) in [5.41, 5.74) is -0.401. The molecule has 0 heterocycles. The molecule has 4 heteroatoms. The van der Waals surface area contributed by atoms with Crippen molar-refractivity contribution in [2.75, 3.05) is 12.8 Å². The molecule has 0 aromatic rings. The van der Waals surface area contributed by atoms with Crippen molar-refractivity contribution in [2.45, 2.75) is 45.1 Å². The van der Waals surface area contributed by atoms with E-state index in [2.05, 4.69) is 5.32 Å². The minimum atomic E-state index is -0.401. The van der Waals surface area contributed by atoms with Crippen molar-refractivity contribution in [2.24, 2.45) is 0 Å². The van der Waals surface area contributed by atoms with Gasteiger partial charge in [-0.1, -0.05) is 0 Å². The molecule has 0 fully saturated rings. The van der Waals surface area contributed by atoms with E-state index in [-0.39, 0.29) is 17.4 Å². The molecule has 0 bridgehead atoms. The summed E-state index contributed by atoms with van der Waals surface area (Å²) in [6, 6.07) is 0. The van der Waals surface area contributed by atoms with Gasteiger partial charge in [0, 0.05) is 0 Å². The van der Waals surface area contributed by atoms with Crippen LogP contribution in [-0.2, 0) is 9.53 Å². The zero-order valence-corrected chi connectivity index (χ0v) is 10.7. The van der Waals surface area contributed by atoms with Crippen LogP contribution < -0.4 is 5.32 Å². The lowest BCUT2D eigenvalue weighted by Crippen LogP contribution is -2.41. The molecule has 1 N–H and O–H groups in total. The number of carbonyl (C=O) groups is 1. The Kier molecular flexibility index (Phi) is 4.95. The van der Waals surface area contributed by atoms with E-state index in [9.17, 15) is 4.79 Å². The third-order valence-electron chi connectivity index (χ3n) is 1.59. The summed E-state index contributed by atoms with van der Waals surface area (Å²) in [6.45, 7) is 9.91. The van der Waals surface area contributed by atoms with Gasteiger partial charge in [-0.2, -0.15) is 0 Å². The first-order valence-electron chi connectivity index (χ1n) is 4.68. The lowest BCUT2D eigenvalue weighted by molar-refractivity contribution is -0.153. The average molecular weight is 219 g/mol. The quantitative estimate of drug-likeness (QED) is 0.580. The van der Waals surface area contributed by atoms with Crippen LogP contribution in [0, 0.1) is 0 Å². The number of ether oxygens (including phenoxy) is 1. The fraction of sp³-hybridized carbons (Fsp3) is 0.900. The third kappa shape index (κ3) is 7.21. The maximum Gasteiger partial charge on any atom is 0.320 e. The molecule has 0 saturated carbocycles. The summed E-state index contributed by atoms with van der Waals surface area (Å²) in [6.07, 6.45) is 2.00. The third-order valence-corrected chi connectivity index (χ3v) is 2.75. The molecule has 0 aliphatic rings. The van der Waals surface area contributed by atoms with Gasteiger partial charge in [0.05, 0.1) is 11.4 Å². The van der Waals surface area contributed by atoms with Gasteiger partial charge in [-0.15, -0.1) is 11.8 Å². The minimum absolute atomic E-state index is 0.0864. The first-order valence-corrected chi connectivity index (χ1v) is 5.91. The number of rotatable bonds is 4. The van der Waals surface area contributed by atoms with Crippen molar-refractivity contribution < 1.29 is 9.53 Å². The Morgan fingerprint density at radius 2 is 1.79 bits per heavy atom. The number of carbonyl (C=O) groups excluding carboxylic acids is 1. The Morgan fingerprint density at radius 1 is 1.29 bits per heavy atom. The second kappa shape index (κ2) is 5.03.